The van der Waals surface area contributed by atoms with Crippen molar-refractivity contribution in [3.8, 4) is 23.6 Å². The number of ether oxygens (including phenoxy) is 2. The summed E-state index contributed by atoms with van der Waals surface area (Å²) >= 11 is 0. The van der Waals surface area contributed by atoms with Gasteiger partial charge in [-0.1, -0.05) is 42.5 Å². The SMILES string of the molecule is C=CCc1cc(/C=C(/C#N)C(=O)NCCc2c[nH]c3ccccc23)cc(OC)c1OCc1ccccc1C#N. The van der Waals surface area contributed by atoms with E-state index in [0.29, 0.717) is 42.0 Å². The van der Waals surface area contributed by atoms with Crippen LogP contribution >= 0.6 is 0 Å². The average Bonchev–Trinajstić information content (AvgIpc) is 3.38. The summed E-state index contributed by atoms with van der Waals surface area (Å²) in [5, 5.41) is 23.0. The molecule has 7 nitrogen and oxygen atoms in total. The number of H-pyrrole nitrogens is 1. The summed E-state index contributed by atoms with van der Waals surface area (Å²) in [4.78, 5) is 16.0. The summed E-state index contributed by atoms with van der Waals surface area (Å²) in [5.74, 6) is 0.520. The van der Waals surface area contributed by atoms with Gasteiger partial charge < -0.3 is 19.8 Å². The lowest BCUT2D eigenvalue weighted by molar-refractivity contribution is -0.117. The molecule has 39 heavy (non-hydrogen) atoms. The van der Waals surface area contributed by atoms with Gasteiger partial charge in [0.2, 0.25) is 0 Å². The molecule has 1 aromatic heterocycles. The predicted molar refractivity (Wildman–Crippen MR) is 151 cm³/mol. The lowest BCUT2D eigenvalue weighted by atomic mass is 10.0. The van der Waals surface area contributed by atoms with E-state index in [2.05, 4.69) is 22.9 Å². The summed E-state index contributed by atoms with van der Waals surface area (Å²) in [6.07, 6.45) is 6.32. The monoisotopic (exact) mass is 516 g/mol. The number of nitrogens with zero attached hydrogens (tertiary/aromatic N) is 2. The van der Waals surface area contributed by atoms with E-state index < -0.39 is 5.91 Å². The van der Waals surface area contributed by atoms with Crippen LogP contribution in [0.2, 0.25) is 0 Å². The maximum absolute atomic E-state index is 12.8. The van der Waals surface area contributed by atoms with Crippen LogP contribution in [0.4, 0.5) is 0 Å². The van der Waals surface area contributed by atoms with Gasteiger partial charge in [-0.2, -0.15) is 10.5 Å². The van der Waals surface area contributed by atoms with Gasteiger partial charge in [0.05, 0.1) is 18.7 Å². The van der Waals surface area contributed by atoms with Crippen LogP contribution < -0.4 is 14.8 Å². The number of carbonyl (C=O) groups is 1. The molecule has 3 aromatic carbocycles. The number of methoxy groups -OCH3 is 1. The van der Waals surface area contributed by atoms with Crippen molar-refractivity contribution in [2.24, 2.45) is 0 Å². The molecule has 0 radical (unpaired) electrons. The highest BCUT2D eigenvalue weighted by atomic mass is 16.5. The molecular formula is C32H28N4O3. The number of rotatable bonds is 11. The number of para-hydroxylation sites is 1. The summed E-state index contributed by atoms with van der Waals surface area (Å²) in [7, 11) is 1.53. The van der Waals surface area contributed by atoms with E-state index in [1.54, 1.807) is 24.3 Å². The van der Waals surface area contributed by atoms with Crippen molar-refractivity contribution in [1.29, 1.82) is 10.5 Å². The number of nitrogens with one attached hydrogen (secondary N) is 2. The van der Waals surface area contributed by atoms with Gasteiger partial charge in [0, 0.05) is 34.8 Å². The second kappa shape index (κ2) is 12.8. The van der Waals surface area contributed by atoms with Gasteiger partial charge in [-0.15, -0.1) is 6.58 Å². The molecule has 0 aliphatic rings. The Labute approximate surface area is 227 Å². The van der Waals surface area contributed by atoms with Gasteiger partial charge in [0.15, 0.2) is 11.5 Å². The van der Waals surface area contributed by atoms with Crippen molar-refractivity contribution in [3.05, 3.63) is 113 Å². The molecule has 0 bridgehead atoms. The normalized spacial score (nSPS) is 10.9. The highest BCUT2D eigenvalue weighted by molar-refractivity contribution is 6.01. The smallest absolute Gasteiger partial charge is 0.261 e. The van der Waals surface area contributed by atoms with Crippen molar-refractivity contribution in [3.63, 3.8) is 0 Å². The molecule has 194 valence electrons. The molecule has 0 unspecified atom stereocenters. The molecule has 0 aliphatic heterocycles. The van der Waals surface area contributed by atoms with Crippen molar-refractivity contribution in [2.45, 2.75) is 19.4 Å². The lowest BCUT2D eigenvalue weighted by Crippen LogP contribution is -2.26. The fraction of sp³-hybridized carbons (Fsp3) is 0.156. The molecule has 0 saturated carbocycles. The predicted octanol–water partition coefficient (Wildman–Crippen LogP) is 5.62. The number of carbonyl (C=O) groups excluding carboxylic acids is 1. The minimum atomic E-state index is -0.449. The van der Waals surface area contributed by atoms with E-state index in [1.165, 1.54) is 13.2 Å². The third-order valence-electron chi connectivity index (χ3n) is 6.28. The number of hydrogen-bond donors (Lipinski definition) is 2. The number of allylic oxidation sites excluding steroid dienone is 1. The van der Waals surface area contributed by atoms with Crippen LogP contribution in [0.15, 0.2) is 85.1 Å². The van der Waals surface area contributed by atoms with E-state index >= 15 is 0 Å². The molecule has 4 rings (SSSR count). The van der Waals surface area contributed by atoms with Crippen molar-refractivity contribution < 1.29 is 14.3 Å². The van der Waals surface area contributed by atoms with Crippen LogP contribution in [-0.4, -0.2) is 24.5 Å². The van der Waals surface area contributed by atoms with E-state index in [0.717, 1.165) is 27.6 Å². The summed E-state index contributed by atoms with van der Waals surface area (Å²) in [6.45, 7) is 4.41. The number of aromatic nitrogens is 1. The van der Waals surface area contributed by atoms with E-state index in [4.69, 9.17) is 9.47 Å². The molecule has 1 amide bonds. The fourth-order valence-corrected chi connectivity index (χ4v) is 4.35. The van der Waals surface area contributed by atoms with Gasteiger partial charge in [-0.3, -0.25) is 4.79 Å². The highest BCUT2D eigenvalue weighted by Gasteiger charge is 2.16. The Hall–Kier alpha value is -5.27. The Bertz CT molecular complexity index is 1620. The molecule has 7 heteroatoms. The number of nitriles is 2. The van der Waals surface area contributed by atoms with Gasteiger partial charge in [-0.05, 0) is 54.3 Å². The zero-order valence-electron chi connectivity index (χ0n) is 21.7. The molecule has 0 aliphatic carbocycles. The minimum absolute atomic E-state index is 0.0165. The first-order valence-corrected chi connectivity index (χ1v) is 12.5. The second-order valence-electron chi connectivity index (χ2n) is 8.80. The summed E-state index contributed by atoms with van der Waals surface area (Å²) in [6, 6.07) is 23.0. The number of aromatic amines is 1. The lowest BCUT2D eigenvalue weighted by Gasteiger charge is -2.16. The standard InChI is InChI=1S/C32H28N4O3/c1-3-8-23-15-22(17-30(38-2)31(23)39-21-26-10-5-4-9-24(26)18-33)16-27(19-34)32(37)35-14-13-25-20-36-29-12-7-6-11-28(25)29/h3-7,9-12,15-17,20,36H,1,8,13-14,21H2,2H3,(H,35,37)/b27-16-. The number of amides is 1. The topological polar surface area (TPSA) is 111 Å². The quantitative estimate of drug-likeness (QED) is 0.153. The van der Waals surface area contributed by atoms with Crippen molar-refractivity contribution in [1.82, 2.24) is 10.3 Å². The van der Waals surface area contributed by atoms with Crippen LogP contribution in [0.3, 0.4) is 0 Å². The van der Waals surface area contributed by atoms with Crippen LogP contribution in [0, 0.1) is 22.7 Å². The van der Waals surface area contributed by atoms with E-state index in [9.17, 15) is 15.3 Å². The average molecular weight is 517 g/mol. The Morgan fingerprint density at radius 2 is 1.87 bits per heavy atom. The summed E-state index contributed by atoms with van der Waals surface area (Å²) in [5.41, 5.74) is 4.82. The third-order valence-corrected chi connectivity index (χ3v) is 6.28. The summed E-state index contributed by atoms with van der Waals surface area (Å²) < 4.78 is 11.7. The Morgan fingerprint density at radius 1 is 1.08 bits per heavy atom. The maximum Gasteiger partial charge on any atom is 0.261 e. The van der Waals surface area contributed by atoms with Crippen LogP contribution in [0.25, 0.3) is 17.0 Å². The zero-order chi connectivity index (χ0) is 27.6. The first kappa shape index (κ1) is 26.8. The van der Waals surface area contributed by atoms with Crippen molar-refractivity contribution >= 4 is 22.9 Å². The molecular weight excluding hydrogens is 488 g/mol. The van der Waals surface area contributed by atoms with Crippen LogP contribution in [0.5, 0.6) is 11.5 Å². The largest absolute Gasteiger partial charge is 0.493 e. The maximum atomic E-state index is 12.8. The second-order valence-corrected chi connectivity index (χ2v) is 8.80. The molecule has 0 spiro atoms. The fourth-order valence-electron chi connectivity index (χ4n) is 4.35. The Morgan fingerprint density at radius 3 is 2.64 bits per heavy atom. The van der Waals surface area contributed by atoms with Gasteiger partial charge >= 0.3 is 0 Å². The minimum Gasteiger partial charge on any atom is -0.493 e. The molecule has 2 N–H and O–H groups in total. The number of fused-ring (bicyclic) bond motifs is 1. The third kappa shape index (κ3) is 6.36. The van der Waals surface area contributed by atoms with E-state index in [-0.39, 0.29) is 12.2 Å². The number of hydrogen-bond acceptors (Lipinski definition) is 5. The van der Waals surface area contributed by atoms with Crippen LogP contribution in [-0.2, 0) is 24.2 Å². The highest BCUT2D eigenvalue weighted by Crippen LogP contribution is 2.35. The van der Waals surface area contributed by atoms with Gasteiger partial charge in [0.25, 0.3) is 5.91 Å². The van der Waals surface area contributed by atoms with Gasteiger partial charge in [0.1, 0.15) is 18.2 Å². The zero-order valence-corrected chi connectivity index (χ0v) is 21.7. The molecule has 4 aromatic rings. The van der Waals surface area contributed by atoms with E-state index in [1.807, 2.05) is 54.7 Å². The Balaban J connectivity index is 1.51. The number of benzene rings is 3. The van der Waals surface area contributed by atoms with Crippen LogP contribution in [0.1, 0.15) is 27.8 Å². The van der Waals surface area contributed by atoms with Crippen molar-refractivity contribution in [2.75, 3.05) is 13.7 Å². The molecule has 0 fully saturated rings. The first-order chi connectivity index (χ1) is 19.1. The first-order valence-electron chi connectivity index (χ1n) is 12.5. The Kier molecular flexibility index (Phi) is 8.79. The van der Waals surface area contributed by atoms with Gasteiger partial charge in [-0.25, -0.2) is 0 Å². The molecule has 1 heterocycles. The molecule has 0 saturated heterocycles. The molecule has 0 atom stereocenters.